The number of carbonyl (C=O) groups is 1. The second-order valence-corrected chi connectivity index (χ2v) is 8.82. The first kappa shape index (κ1) is 21.7. The molecule has 0 saturated heterocycles. The largest absolute Gasteiger partial charge is 0.492 e. The highest BCUT2D eigenvalue weighted by Crippen LogP contribution is 2.50. The fraction of sp³-hybridized carbons (Fsp3) is 0.381. The molecule has 1 aliphatic heterocycles. The van der Waals surface area contributed by atoms with Gasteiger partial charge in [0.2, 0.25) is 0 Å². The summed E-state index contributed by atoms with van der Waals surface area (Å²) in [6.07, 6.45) is -4.07. The molecule has 1 atom stereocenters. The average Bonchev–Trinajstić information content (AvgIpc) is 3.50. The molecule has 1 saturated carbocycles. The van der Waals surface area contributed by atoms with E-state index in [9.17, 15) is 31.9 Å². The normalized spacial score (nSPS) is 20.0. The molecule has 4 rings (SSSR count). The summed E-state index contributed by atoms with van der Waals surface area (Å²) in [6.45, 7) is -0.290. The van der Waals surface area contributed by atoms with E-state index in [-0.39, 0.29) is 23.5 Å². The maximum atomic E-state index is 14.4. The SMILES string of the molecule is O=C(O)C1(COc2cc3c(cc2C(F)(F)F)N(c2ccc(F)cc2)CCC(F)S3)CC1. The highest BCUT2D eigenvalue weighted by atomic mass is 32.2. The molecule has 0 aromatic heterocycles. The molecule has 0 spiro atoms. The van der Waals surface area contributed by atoms with Crippen LogP contribution >= 0.6 is 11.8 Å². The number of thioether (sulfide) groups is 1. The van der Waals surface area contributed by atoms with Gasteiger partial charge in [0.25, 0.3) is 0 Å². The van der Waals surface area contributed by atoms with Crippen molar-refractivity contribution in [1.82, 2.24) is 0 Å². The first-order valence-electron chi connectivity index (χ1n) is 9.54. The summed E-state index contributed by atoms with van der Waals surface area (Å²) in [5.74, 6) is -2.14. The van der Waals surface area contributed by atoms with Crippen LogP contribution in [0, 0.1) is 11.2 Å². The van der Waals surface area contributed by atoms with Crippen molar-refractivity contribution in [3.05, 3.63) is 47.8 Å². The van der Waals surface area contributed by atoms with Crippen LogP contribution in [0.1, 0.15) is 24.8 Å². The minimum Gasteiger partial charge on any atom is -0.492 e. The van der Waals surface area contributed by atoms with Gasteiger partial charge >= 0.3 is 12.1 Å². The molecule has 31 heavy (non-hydrogen) atoms. The number of ether oxygens (including phenoxy) is 1. The Morgan fingerprint density at radius 2 is 1.90 bits per heavy atom. The topological polar surface area (TPSA) is 49.8 Å². The number of benzene rings is 2. The van der Waals surface area contributed by atoms with E-state index in [1.165, 1.54) is 29.2 Å². The van der Waals surface area contributed by atoms with Crippen LogP contribution in [-0.4, -0.2) is 29.7 Å². The Morgan fingerprint density at radius 3 is 2.48 bits per heavy atom. The van der Waals surface area contributed by atoms with E-state index in [0.29, 0.717) is 18.5 Å². The van der Waals surface area contributed by atoms with Crippen molar-refractivity contribution < 1.29 is 36.6 Å². The van der Waals surface area contributed by atoms with Crippen LogP contribution < -0.4 is 9.64 Å². The minimum atomic E-state index is -4.77. The first-order chi connectivity index (χ1) is 14.6. The molecule has 4 nitrogen and oxygen atoms in total. The monoisotopic (exact) mass is 459 g/mol. The number of anilines is 2. The molecular formula is C21H18F5NO3S. The van der Waals surface area contributed by atoms with Gasteiger partial charge in [-0.05, 0) is 49.2 Å². The van der Waals surface area contributed by atoms with Crippen LogP contribution in [0.15, 0.2) is 41.3 Å². The Labute approximate surface area is 179 Å². The van der Waals surface area contributed by atoms with Gasteiger partial charge in [-0.15, -0.1) is 0 Å². The summed E-state index contributed by atoms with van der Waals surface area (Å²) in [7, 11) is 0. The van der Waals surface area contributed by atoms with E-state index >= 15 is 0 Å². The standard InChI is InChI=1S/C21H18F5NO3S/c22-12-1-3-13(4-2-12)27-8-5-18(23)31-17-10-16(14(9-15(17)27)21(24,25)26)30-11-20(6-7-20)19(28)29/h1-4,9-10,18H,5-8,11H2,(H,28,29). The lowest BCUT2D eigenvalue weighted by molar-refractivity contribution is -0.144. The third kappa shape index (κ3) is 4.44. The molecule has 1 N–H and O–H groups in total. The third-order valence-corrected chi connectivity index (χ3v) is 6.51. The maximum absolute atomic E-state index is 14.4. The number of fused-ring (bicyclic) bond motifs is 1. The van der Waals surface area contributed by atoms with Gasteiger partial charge in [-0.1, -0.05) is 11.8 Å². The summed E-state index contributed by atoms with van der Waals surface area (Å²) in [5.41, 5.74) is -3.04. The van der Waals surface area contributed by atoms with Gasteiger partial charge in [-0.3, -0.25) is 4.79 Å². The van der Waals surface area contributed by atoms with Gasteiger partial charge in [0.15, 0.2) is 5.50 Å². The van der Waals surface area contributed by atoms with Crippen molar-refractivity contribution in [3.63, 3.8) is 0 Å². The van der Waals surface area contributed by atoms with E-state index < -0.39 is 46.8 Å². The lowest BCUT2D eigenvalue weighted by atomic mass is 10.1. The number of alkyl halides is 4. The molecule has 0 radical (unpaired) electrons. The van der Waals surface area contributed by atoms with E-state index in [4.69, 9.17) is 4.74 Å². The predicted molar refractivity (Wildman–Crippen MR) is 105 cm³/mol. The number of carboxylic acids is 1. The fourth-order valence-electron chi connectivity index (χ4n) is 3.42. The molecule has 10 heteroatoms. The summed E-state index contributed by atoms with van der Waals surface area (Å²) in [6, 6.07) is 7.22. The van der Waals surface area contributed by atoms with Crippen LogP contribution in [0.4, 0.5) is 33.3 Å². The molecule has 1 aliphatic carbocycles. The Balaban J connectivity index is 1.76. The van der Waals surface area contributed by atoms with Crippen molar-refractivity contribution in [3.8, 4) is 5.75 Å². The highest BCUT2D eigenvalue weighted by molar-refractivity contribution is 8.00. The summed E-state index contributed by atoms with van der Waals surface area (Å²) in [5, 5.41) is 9.27. The third-order valence-electron chi connectivity index (χ3n) is 5.44. The molecule has 1 fully saturated rings. The smallest absolute Gasteiger partial charge is 0.420 e. The number of hydrogen-bond acceptors (Lipinski definition) is 4. The lowest BCUT2D eigenvalue weighted by Crippen LogP contribution is -2.24. The summed E-state index contributed by atoms with van der Waals surface area (Å²) >= 11 is 0.777. The number of aliphatic carboxylic acids is 1. The Morgan fingerprint density at radius 1 is 1.23 bits per heavy atom. The molecule has 0 amide bonds. The zero-order valence-electron chi connectivity index (χ0n) is 16.1. The number of nitrogens with zero attached hydrogens (tertiary/aromatic N) is 1. The minimum absolute atomic E-state index is 0.0520. The molecule has 0 bridgehead atoms. The molecule has 166 valence electrons. The fourth-order valence-corrected chi connectivity index (χ4v) is 4.38. The molecule has 2 aromatic rings. The molecular weight excluding hydrogens is 441 g/mol. The van der Waals surface area contributed by atoms with Crippen molar-refractivity contribution in [2.45, 2.75) is 35.8 Å². The van der Waals surface area contributed by atoms with Gasteiger partial charge in [0.05, 0.1) is 11.3 Å². The number of carboxylic acid groups (broad SMARTS) is 1. The summed E-state index contributed by atoms with van der Waals surface area (Å²) in [4.78, 5) is 13.1. The maximum Gasteiger partial charge on any atom is 0.420 e. The quantitative estimate of drug-likeness (QED) is 0.555. The Kier molecular flexibility index (Phi) is 5.53. The van der Waals surface area contributed by atoms with Gasteiger partial charge in [0.1, 0.15) is 23.6 Å². The Bertz CT molecular complexity index is 992. The van der Waals surface area contributed by atoms with Crippen LogP contribution in [0.2, 0.25) is 0 Å². The lowest BCUT2D eigenvalue weighted by Gasteiger charge is -2.27. The van der Waals surface area contributed by atoms with Gasteiger partial charge in [0, 0.05) is 23.5 Å². The van der Waals surface area contributed by atoms with Crippen LogP contribution in [-0.2, 0) is 11.0 Å². The van der Waals surface area contributed by atoms with Crippen molar-refractivity contribution >= 4 is 29.1 Å². The molecule has 1 heterocycles. The molecule has 2 aromatic carbocycles. The zero-order valence-corrected chi connectivity index (χ0v) is 16.9. The van der Waals surface area contributed by atoms with Gasteiger partial charge in [-0.2, -0.15) is 13.2 Å². The van der Waals surface area contributed by atoms with Crippen LogP contribution in [0.25, 0.3) is 0 Å². The van der Waals surface area contributed by atoms with Crippen LogP contribution in [0.3, 0.4) is 0 Å². The van der Waals surface area contributed by atoms with Crippen molar-refractivity contribution in [1.29, 1.82) is 0 Å². The van der Waals surface area contributed by atoms with Crippen molar-refractivity contribution in [2.24, 2.45) is 5.41 Å². The van der Waals surface area contributed by atoms with E-state index in [0.717, 1.165) is 23.9 Å². The van der Waals surface area contributed by atoms with E-state index in [2.05, 4.69) is 0 Å². The first-order valence-corrected chi connectivity index (χ1v) is 10.4. The molecule has 1 unspecified atom stereocenters. The highest BCUT2D eigenvalue weighted by Gasteiger charge is 2.51. The van der Waals surface area contributed by atoms with Gasteiger partial charge < -0.3 is 14.7 Å². The number of halogens is 5. The Hall–Kier alpha value is -2.49. The predicted octanol–water partition coefficient (Wildman–Crippen LogP) is 6.02. The summed E-state index contributed by atoms with van der Waals surface area (Å²) < 4.78 is 74.5. The average molecular weight is 459 g/mol. The number of rotatable bonds is 5. The second kappa shape index (κ2) is 7.89. The second-order valence-electron chi connectivity index (χ2n) is 7.63. The van der Waals surface area contributed by atoms with Crippen LogP contribution in [0.5, 0.6) is 5.75 Å². The number of hydrogen-bond donors (Lipinski definition) is 1. The molecule has 2 aliphatic rings. The zero-order chi connectivity index (χ0) is 22.4. The van der Waals surface area contributed by atoms with E-state index in [1.54, 1.807) is 0 Å². The van der Waals surface area contributed by atoms with Gasteiger partial charge in [-0.25, -0.2) is 8.78 Å². The van der Waals surface area contributed by atoms with E-state index in [1.807, 2.05) is 0 Å². The van der Waals surface area contributed by atoms with Crippen molar-refractivity contribution in [2.75, 3.05) is 18.1 Å².